The lowest BCUT2D eigenvalue weighted by Gasteiger charge is -2.35. The molecule has 5 nitrogen and oxygen atoms in total. The van der Waals surface area contributed by atoms with Crippen LogP contribution >= 0.6 is 0 Å². The molecule has 0 saturated heterocycles. The van der Waals surface area contributed by atoms with Crippen LogP contribution in [0.5, 0.6) is 11.5 Å². The van der Waals surface area contributed by atoms with E-state index in [0.717, 1.165) is 51.7 Å². The average molecular weight is 386 g/mol. The molecule has 2 aromatic carbocycles. The number of nitrogens with one attached hydrogen (secondary N) is 1. The van der Waals surface area contributed by atoms with Crippen LogP contribution in [0.15, 0.2) is 54.2 Å². The molecule has 0 spiro atoms. The SMILES string of the molecule is CCOc1cc([C@H]2Nc3ccc4ncccc4c3C3=C2C(=O)CCC3)ccc1O. The average Bonchev–Trinajstić information content (AvgIpc) is 2.74. The van der Waals surface area contributed by atoms with Gasteiger partial charge in [-0.1, -0.05) is 12.1 Å². The van der Waals surface area contributed by atoms with E-state index in [4.69, 9.17) is 4.74 Å². The Morgan fingerprint density at radius 2 is 2.10 bits per heavy atom. The van der Waals surface area contributed by atoms with E-state index in [0.29, 0.717) is 18.8 Å². The van der Waals surface area contributed by atoms with E-state index in [1.807, 2.05) is 37.3 Å². The minimum atomic E-state index is -0.265. The first kappa shape index (κ1) is 17.7. The van der Waals surface area contributed by atoms with Gasteiger partial charge in [-0.05, 0) is 61.2 Å². The van der Waals surface area contributed by atoms with Crippen LogP contribution in [0, 0.1) is 0 Å². The molecule has 1 aromatic heterocycles. The molecule has 0 saturated carbocycles. The first-order valence-electron chi connectivity index (χ1n) is 10.0. The summed E-state index contributed by atoms with van der Waals surface area (Å²) >= 11 is 0. The number of carbonyl (C=O) groups is 1. The first-order chi connectivity index (χ1) is 14.2. The molecule has 5 heteroatoms. The summed E-state index contributed by atoms with van der Waals surface area (Å²) in [6, 6.07) is 13.1. The number of pyridine rings is 1. The predicted molar refractivity (Wildman–Crippen MR) is 113 cm³/mol. The lowest BCUT2D eigenvalue weighted by molar-refractivity contribution is -0.116. The molecule has 3 aromatic rings. The summed E-state index contributed by atoms with van der Waals surface area (Å²) in [6.45, 7) is 2.34. The zero-order chi connectivity index (χ0) is 20.0. The maximum Gasteiger partial charge on any atom is 0.161 e. The highest BCUT2D eigenvalue weighted by molar-refractivity contribution is 6.12. The van der Waals surface area contributed by atoms with Crippen LogP contribution in [0.1, 0.15) is 43.4 Å². The summed E-state index contributed by atoms with van der Waals surface area (Å²) in [5.74, 6) is 0.722. The Morgan fingerprint density at radius 3 is 2.97 bits per heavy atom. The maximum atomic E-state index is 13.0. The number of phenols is 1. The third kappa shape index (κ3) is 2.85. The molecular formula is C24H22N2O3. The van der Waals surface area contributed by atoms with E-state index < -0.39 is 0 Å². The third-order valence-electron chi connectivity index (χ3n) is 5.75. The number of anilines is 1. The van der Waals surface area contributed by atoms with Crippen molar-refractivity contribution in [2.24, 2.45) is 0 Å². The molecule has 146 valence electrons. The minimum Gasteiger partial charge on any atom is -0.504 e. The summed E-state index contributed by atoms with van der Waals surface area (Å²) < 4.78 is 5.57. The van der Waals surface area contributed by atoms with Gasteiger partial charge in [0, 0.05) is 34.8 Å². The van der Waals surface area contributed by atoms with Crippen molar-refractivity contribution in [3.8, 4) is 11.5 Å². The Balaban J connectivity index is 1.72. The van der Waals surface area contributed by atoms with Crippen LogP contribution in [0.2, 0.25) is 0 Å². The van der Waals surface area contributed by atoms with Gasteiger partial charge in [0.1, 0.15) is 0 Å². The van der Waals surface area contributed by atoms with Gasteiger partial charge >= 0.3 is 0 Å². The van der Waals surface area contributed by atoms with Crippen LogP contribution in [-0.4, -0.2) is 22.5 Å². The van der Waals surface area contributed by atoms with Gasteiger partial charge in [0.25, 0.3) is 0 Å². The fraction of sp³-hybridized carbons (Fsp3) is 0.250. The smallest absolute Gasteiger partial charge is 0.161 e. The number of carbonyl (C=O) groups excluding carboxylic acids is 1. The molecule has 1 atom stereocenters. The van der Waals surface area contributed by atoms with Crippen LogP contribution in [-0.2, 0) is 4.79 Å². The second-order valence-corrected chi connectivity index (χ2v) is 7.46. The normalized spacial score (nSPS) is 18.2. The Bertz CT molecular complexity index is 1170. The van der Waals surface area contributed by atoms with Gasteiger partial charge < -0.3 is 15.2 Å². The number of aromatic nitrogens is 1. The zero-order valence-electron chi connectivity index (χ0n) is 16.2. The summed E-state index contributed by atoms with van der Waals surface area (Å²) in [6.07, 6.45) is 4.09. The van der Waals surface area contributed by atoms with Crippen molar-refractivity contribution in [2.45, 2.75) is 32.2 Å². The lowest BCUT2D eigenvalue weighted by atomic mass is 9.77. The number of aromatic hydroxyl groups is 1. The number of rotatable bonds is 3. The number of ketones is 1. The minimum absolute atomic E-state index is 0.105. The Hall–Kier alpha value is -3.34. The van der Waals surface area contributed by atoms with Crippen LogP contribution in [0.25, 0.3) is 16.5 Å². The summed E-state index contributed by atoms with van der Waals surface area (Å²) in [7, 11) is 0. The zero-order valence-corrected chi connectivity index (χ0v) is 16.2. The molecular weight excluding hydrogens is 364 g/mol. The molecule has 0 unspecified atom stereocenters. The largest absolute Gasteiger partial charge is 0.504 e. The number of Topliss-reactive ketones (excluding diaryl/α,β-unsaturated/α-hetero) is 1. The lowest BCUT2D eigenvalue weighted by Crippen LogP contribution is -2.27. The molecule has 2 heterocycles. The van der Waals surface area contributed by atoms with E-state index in [-0.39, 0.29) is 17.6 Å². The number of allylic oxidation sites excluding steroid dienone is 1. The molecule has 29 heavy (non-hydrogen) atoms. The van der Waals surface area contributed by atoms with Crippen LogP contribution < -0.4 is 10.1 Å². The highest BCUT2D eigenvalue weighted by Gasteiger charge is 2.35. The highest BCUT2D eigenvalue weighted by Crippen LogP contribution is 2.48. The van der Waals surface area contributed by atoms with Crippen molar-refractivity contribution >= 4 is 27.9 Å². The third-order valence-corrected chi connectivity index (χ3v) is 5.75. The number of hydrogen-bond acceptors (Lipinski definition) is 5. The molecule has 2 aliphatic rings. The van der Waals surface area contributed by atoms with E-state index in [1.165, 1.54) is 0 Å². The van der Waals surface area contributed by atoms with Crippen molar-refractivity contribution in [1.82, 2.24) is 4.98 Å². The van der Waals surface area contributed by atoms with E-state index in [2.05, 4.69) is 16.4 Å². The second-order valence-electron chi connectivity index (χ2n) is 7.46. The van der Waals surface area contributed by atoms with Gasteiger partial charge in [0.2, 0.25) is 0 Å². The monoisotopic (exact) mass is 386 g/mol. The van der Waals surface area contributed by atoms with Crippen molar-refractivity contribution in [3.63, 3.8) is 0 Å². The van der Waals surface area contributed by atoms with Gasteiger partial charge in [-0.15, -0.1) is 0 Å². The fourth-order valence-corrected chi connectivity index (χ4v) is 4.52. The number of ether oxygens (including phenoxy) is 1. The van der Waals surface area contributed by atoms with Crippen LogP contribution in [0.4, 0.5) is 5.69 Å². The van der Waals surface area contributed by atoms with Gasteiger partial charge in [-0.2, -0.15) is 0 Å². The van der Waals surface area contributed by atoms with Gasteiger partial charge in [0.05, 0.1) is 18.2 Å². The Labute approximate surface area is 169 Å². The fourth-order valence-electron chi connectivity index (χ4n) is 4.52. The standard InChI is InChI=1S/C24H22N2O3/c1-2-29-21-13-14(8-11-19(21)27)24-23-16(5-3-7-20(23)28)22-15-6-4-12-25-17(15)9-10-18(22)26-24/h4,6,8-13,24,26-27H,2-3,5,7H2,1H3/t24-/m1/s1. The van der Waals surface area contributed by atoms with Crippen molar-refractivity contribution in [3.05, 3.63) is 65.4 Å². The molecule has 0 amide bonds. The number of benzene rings is 2. The van der Waals surface area contributed by atoms with Crippen molar-refractivity contribution in [2.75, 3.05) is 11.9 Å². The molecule has 2 N–H and O–H groups in total. The molecule has 0 fully saturated rings. The number of hydrogen-bond donors (Lipinski definition) is 2. The topological polar surface area (TPSA) is 71.5 Å². The second kappa shape index (κ2) is 6.92. The Kier molecular flexibility index (Phi) is 4.23. The quantitative estimate of drug-likeness (QED) is 0.662. The van der Waals surface area contributed by atoms with Gasteiger partial charge in [0.15, 0.2) is 17.3 Å². The molecule has 1 aliphatic carbocycles. The molecule has 5 rings (SSSR count). The first-order valence-corrected chi connectivity index (χ1v) is 10.0. The number of phenolic OH excluding ortho intramolecular Hbond substituents is 1. The number of fused-ring (bicyclic) bond motifs is 4. The Morgan fingerprint density at radius 1 is 1.21 bits per heavy atom. The molecule has 0 bridgehead atoms. The summed E-state index contributed by atoms with van der Waals surface area (Å²) in [5.41, 5.74) is 5.89. The van der Waals surface area contributed by atoms with Crippen molar-refractivity contribution < 1.29 is 14.6 Å². The molecule has 1 aliphatic heterocycles. The summed E-state index contributed by atoms with van der Waals surface area (Å²) in [4.78, 5) is 17.5. The highest BCUT2D eigenvalue weighted by atomic mass is 16.5. The van der Waals surface area contributed by atoms with Gasteiger partial charge in [-0.3, -0.25) is 9.78 Å². The maximum absolute atomic E-state index is 13.0. The van der Waals surface area contributed by atoms with Crippen LogP contribution in [0.3, 0.4) is 0 Å². The van der Waals surface area contributed by atoms with E-state index >= 15 is 0 Å². The van der Waals surface area contributed by atoms with E-state index in [9.17, 15) is 9.90 Å². The number of nitrogens with zero attached hydrogens (tertiary/aromatic N) is 1. The van der Waals surface area contributed by atoms with E-state index in [1.54, 1.807) is 12.3 Å². The summed E-state index contributed by atoms with van der Waals surface area (Å²) in [5, 5.41) is 14.7. The predicted octanol–water partition coefficient (Wildman–Crippen LogP) is 5.01. The molecule has 0 radical (unpaired) electrons. The van der Waals surface area contributed by atoms with Crippen molar-refractivity contribution in [1.29, 1.82) is 0 Å². The van der Waals surface area contributed by atoms with Gasteiger partial charge in [-0.25, -0.2) is 0 Å².